The molecule has 0 aromatic rings. The summed E-state index contributed by atoms with van der Waals surface area (Å²) in [6.07, 6.45) is 0. The molecule has 0 fully saturated rings. The van der Waals surface area contributed by atoms with E-state index >= 15 is 0 Å². The smallest absolute Gasteiger partial charge is 0.244 e. The highest BCUT2D eigenvalue weighted by molar-refractivity contribution is 5.77. The zero-order valence-corrected chi connectivity index (χ0v) is 3.40. The Morgan fingerprint density at radius 2 is 2.57 bits per heavy atom. The Balaban J connectivity index is 3.58. The molecule has 0 atom stereocenters. The molecule has 0 radical (unpaired) electrons. The molecular formula is C2H3N3O2. The molecule has 0 heterocycles. The molecule has 0 aliphatic rings. The van der Waals surface area contributed by atoms with Gasteiger partial charge in [0.05, 0.1) is 0 Å². The molecule has 0 spiro atoms. The number of azide groups is 1. The molecule has 0 saturated carbocycles. The first-order valence-electron chi connectivity index (χ1n) is 1.50. The molecule has 0 aliphatic heterocycles. The molecule has 0 aromatic carbocycles. The van der Waals surface area contributed by atoms with E-state index in [9.17, 15) is 4.79 Å². The minimum absolute atomic E-state index is 0.718. The lowest BCUT2D eigenvalue weighted by Crippen LogP contribution is -1.95. The fourth-order valence-corrected chi connectivity index (χ4v) is 0.0815. The lowest BCUT2D eigenvalue weighted by atomic mass is 10.7. The molecule has 0 rings (SSSR count). The number of hydrogen-bond donors (Lipinski definition) is 1. The van der Waals surface area contributed by atoms with Gasteiger partial charge in [-0.3, -0.25) is 4.79 Å². The van der Waals surface area contributed by atoms with Gasteiger partial charge in [0.15, 0.2) is 0 Å². The summed E-state index contributed by atoms with van der Waals surface area (Å²) in [5.74, 6) is -0.859. The third-order valence-corrected chi connectivity index (χ3v) is 0.292. The number of aliphatic hydroxyl groups is 1. The van der Waals surface area contributed by atoms with E-state index in [0.29, 0.717) is 0 Å². The Labute approximate surface area is 39.2 Å². The number of amides is 1. The van der Waals surface area contributed by atoms with Crippen LogP contribution in [-0.4, -0.2) is 17.6 Å². The number of hydrogen-bond acceptors (Lipinski definition) is 2. The quantitative estimate of drug-likeness (QED) is 0.282. The second kappa shape index (κ2) is 3.14. The molecule has 0 aromatic heterocycles. The summed E-state index contributed by atoms with van der Waals surface area (Å²) in [5.41, 5.74) is 7.49. The van der Waals surface area contributed by atoms with Crippen molar-refractivity contribution in [1.29, 1.82) is 0 Å². The Hall–Kier alpha value is -1.06. The van der Waals surface area contributed by atoms with E-state index in [1.54, 1.807) is 0 Å². The molecule has 7 heavy (non-hydrogen) atoms. The van der Waals surface area contributed by atoms with Crippen LogP contribution < -0.4 is 0 Å². The second-order valence-corrected chi connectivity index (χ2v) is 0.741. The van der Waals surface area contributed by atoms with Gasteiger partial charge in [-0.05, 0) is 10.6 Å². The van der Waals surface area contributed by atoms with Gasteiger partial charge in [-0.1, -0.05) is 0 Å². The second-order valence-electron chi connectivity index (χ2n) is 0.741. The highest BCUT2D eigenvalue weighted by Gasteiger charge is 1.87. The van der Waals surface area contributed by atoms with Crippen LogP contribution in [0.2, 0.25) is 0 Å². The van der Waals surface area contributed by atoms with E-state index in [1.807, 2.05) is 0 Å². The lowest BCUT2D eigenvalue weighted by Gasteiger charge is -1.74. The topological polar surface area (TPSA) is 86.1 Å². The molecule has 0 aliphatic carbocycles. The molecule has 0 unspecified atom stereocenters. The average Bonchev–Trinajstić information content (AvgIpc) is 1.68. The van der Waals surface area contributed by atoms with Crippen LogP contribution in [0, 0.1) is 0 Å². The number of rotatable bonds is 1. The van der Waals surface area contributed by atoms with Gasteiger partial charge in [-0.25, -0.2) is 0 Å². The van der Waals surface area contributed by atoms with E-state index in [-0.39, 0.29) is 0 Å². The average molecular weight is 101 g/mol. The van der Waals surface area contributed by atoms with Gasteiger partial charge in [-0.2, -0.15) is 0 Å². The monoisotopic (exact) mass is 101 g/mol. The number of carbonyl (C=O) groups excluding carboxylic acids is 1. The van der Waals surface area contributed by atoms with Crippen LogP contribution in [0.4, 0.5) is 0 Å². The summed E-state index contributed by atoms with van der Waals surface area (Å²) in [7, 11) is 0. The van der Waals surface area contributed by atoms with E-state index in [1.165, 1.54) is 0 Å². The summed E-state index contributed by atoms with van der Waals surface area (Å²) in [6.45, 7) is -0.718. The van der Waals surface area contributed by atoms with Crippen LogP contribution in [0.3, 0.4) is 0 Å². The van der Waals surface area contributed by atoms with Gasteiger partial charge in [-0.15, -0.1) is 0 Å². The lowest BCUT2D eigenvalue weighted by molar-refractivity contribution is -0.120. The molecule has 38 valence electrons. The minimum Gasteiger partial charge on any atom is -0.388 e. The molecule has 5 heteroatoms. The van der Waals surface area contributed by atoms with Gasteiger partial charge in [0.2, 0.25) is 5.91 Å². The Morgan fingerprint density at radius 3 is 2.71 bits per heavy atom. The van der Waals surface area contributed by atoms with Crippen LogP contribution >= 0.6 is 0 Å². The maximum Gasteiger partial charge on any atom is 0.244 e. The summed E-state index contributed by atoms with van der Waals surface area (Å²) >= 11 is 0. The van der Waals surface area contributed by atoms with Crippen molar-refractivity contribution in [2.45, 2.75) is 0 Å². The van der Waals surface area contributed by atoms with Crippen molar-refractivity contribution in [2.24, 2.45) is 5.11 Å². The van der Waals surface area contributed by atoms with Crippen LogP contribution in [-0.2, 0) is 4.79 Å². The molecule has 1 amide bonds. The number of aliphatic hydroxyl groups excluding tert-OH is 1. The Bertz CT molecular complexity index is 114. The van der Waals surface area contributed by atoms with Crippen molar-refractivity contribution in [2.75, 3.05) is 6.61 Å². The summed E-state index contributed by atoms with van der Waals surface area (Å²) in [6, 6.07) is 0. The maximum absolute atomic E-state index is 9.74. The van der Waals surface area contributed by atoms with Crippen LogP contribution in [0.25, 0.3) is 10.4 Å². The van der Waals surface area contributed by atoms with Gasteiger partial charge in [0, 0.05) is 4.91 Å². The van der Waals surface area contributed by atoms with E-state index in [0.717, 1.165) is 0 Å². The third-order valence-electron chi connectivity index (χ3n) is 0.292. The van der Waals surface area contributed by atoms with Gasteiger partial charge < -0.3 is 5.11 Å². The zero-order valence-electron chi connectivity index (χ0n) is 3.40. The fourth-order valence-electron chi connectivity index (χ4n) is 0.0815. The van der Waals surface area contributed by atoms with E-state index in [2.05, 4.69) is 10.0 Å². The highest BCUT2D eigenvalue weighted by atomic mass is 16.3. The van der Waals surface area contributed by atoms with Crippen LogP contribution in [0.5, 0.6) is 0 Å². The van der Waals surface area contributed by atoms with Gasteiger partial charge in [0.25, 0.3) is 0 Å². The van der Waals surface area contributed by atoms with Crippen LogP contribution in [0.1, 0.15) is 0 Å². The highest BCUT2D eigenvalue weighted by Crippen LogP contribution is 1.69. The first-order chi connectivity index (χ1) is 3.31. The normalized spacial score (nSPS) is 7.00. The predicted molar refractivity (Wildman–Crippen MR) is 21.2 cm³/mol. The third kappa shape index (κ3) is 2.75. The SMILES string of the molecule is [N-]=[N+]=NC(=O)CO. The Morgan fingerprint density at radius 1 is 2.00 bits per heavy atom. The van der Waals surface area contributed by atoms with Crippen molar-refractivity contribution in [3.05, 3.63) is 10.4 Å². The molecule has 5 nitrogen and oxygen atoms in total. The largest absolute Gasteiger partial charge is 0.388 e. The zero-order chi connectivity index (χ0) is 5.70. The van der Waals surface area contributed by atoms with Crippen molar-refractivity contribution >= 4 is 5.91 Å². The summed E-state index contributed by atoms with van der Waals surface area (Å²) < 4.78 is 0. The maximum atomic E-state index is 9.74. The number of carbonyl (C=O) groups is 1. The first-order valence-corrected chi connectivity index (χ1v) is 1.50. The molecule has 1 N–H and O–H groups in total. The van der Waals surface area contributed by atoms with Crippen molar-refractivity contribution < 1.29 is 9.90 Å². The molecular weight excluding hydrogens is 98.0 g/mol. The van der Waals surface area contributed by atoms with Crippen molar-refractivity contribution in [3.63, 3.8) is 0 Å². The standard InChI is InChI=1S/C2H3N3O2/c3-5-4-2(7)1-6/h6H,1H2. The first kappa shape index (κ1) is 5.94. The fraction of sp³-hybridized carbons (Fsp3) is 0.500. The van der Waals surface area contributed by atoms with Crippen molar-refractivity contribution in [1.82, 2.24) is 0 Å². The van der Waals surface area contributed by atoms with E-state index in [4.69, 9.17) is 10.6 Å². The van der Waals surface area contributed by atoms with Gasteiger partial charge in [0.1, 0.15) is 6.61 Å². The van der Waals surface area contributed by atoms with Crippen LogP contribution in [0.15, 0.2) is 5.11 Å². The van der Waals surface area contributed by atoms with Crippen molar-refractivity contribution in [3.8, 4) is 0 Å². The minimum atomic E-state index is -0.859. The summed E-state index contributed by atoms with van der Waals surface area (Å²) in [5, 5.41) is 10.4. The predicted octanol–water partition coefficient (Wildman–Crippen LogP) is -0.184. The number of nitrogens with zero attached hydrogens (tertiary/aromatic N) is 3. The molecule has 0 bridgehead atoms. The van der Waals surface area contributed by atoms with Gasteiger partial charge >= 0.3 is 0 Å². The van der Waals surface area contributed by atoms with E-state index < -0.39 is 12.5 Å². The summed E-state index contributed by atoms with van der Waals surface area (Å²) in [4.78, 5) is 11.9. The Kier molecular flexibility index (Phi) is 2.67. The molecule has 0 saturated heterocycles.